The summed E-state index contributed by atoms with van der Waals surface area (Å²) in [4.78, 5) is 0. The molecular formula is C10H12ClFO4S. The summed E-state index contributed by atoms with van der Waals surface area (Å²) in [7, 11) is 4.18. The first kappa shape index (κ1) is 14.2. The van der Waals surface area contributed by atoms with Crippen molar-refractivity contribution < 1.29 is 22.3 Å². The van der Waals surface area contributed by atoms with Crippen molar-refractivity contribution in [3.63, 3.8) is 0 Å². The molecule has 0 bridgehead atoms. The molecular weight excluding hydrogens is 271 g/mol. The maximum Gasteiger partial charge on any atom is 0.236 e. The van der Waals surface area contributed by atoms with E-state index in [1.165, 1.54) is 20.3 Å². The van der Waals surface area contributed by atoms with E-state index in [0.717, 1.165) is 6.07 Å². The van der Waals surface area contributed by atoms with Gasteiger partial charge >= 0.3 is 0 Å². The summed E-state index contributed by atoms with van der Waals surface area (Å²) in [5.41, 5.74) is 0.787. The average molecular weight is 283 g/mol. The monoisotopic (exact) mass is 282 g/mol. The first-order valence-electron chi connectivity index (χ1n) is 4.64. The molecule has 0 aliphatic carbocycles. The summed E-state index contributed by atoms with van der Waals surface area (Å²) in [5.74, 6) is -1.05. The molecule has 0 aliphatic rings. The van der Waals surface area contributed by atoms with Gasteiger partial charge in [0.1, 0.15) is 0 Å². The molecule has 1 aromatic rings. The van der Waals surface area contributed by atoms with Gasteiger partial charge in [-0.1, -0.05) is 0 Å². The van der Waals surface area contributed by atoms with Crippen molar-refractivity contribution in [3.8, 4) is 5.75 Å². The Morgan fingerprint density at radius 2 is 1.94 bits per heavy atom. The quantitative estimate of drug-likeness (QED) is 0.776. The third-order valence-electron chi connectivity index (χ3n) is 2.10. The summed E-state index contributed by atoms with van der Waals surface area (Å²) in [6.07, 6.45) is 0. The maximum atomic E-state index is 13.4. The van der Waals surface area contributed by atoms with Gasteiger partial charge in [-0.3, -0.25) is 0 Å². The van der Waals surface area contributed by atoms with Crippen molar-refractivity contribution in [1.82, 2.24) is 0 Å². The van der Waals surface area contributed by atoms with Gasteiger partial charge < -0.3 is 9.47 Å². The molecule has 0 fully saturated rings. The molecule has 0 heterocycles. The van der Waals surface area contributed by atoms with Crippen molar-refractivity contribution in [2.24, 2.45) is 0 Å². The van der Waals surface area contributed by atoms with Gasteiger partial charge in [-0.05, 0) is 23.3 Å². The van der Waals surface area contributed by atoms with Gasteiger partial charge in [0.25, 0.3) is 0 Å². The standard InChI is InChI=1S/C10H12ClFO4S/c1-15-5-7-4-10(16-2)9(12)3-8(7)6-17(11,13)14/h3-4H,5-6H2,1-2H3. The largest absolute Gasteiger partial charge is 0.494 e. The van der Waals surface area contributed by atoms with Gasteiger partial charge in [0.2, 0.25) is 9.05 Å². The topological polar surface area (TPSA) is 52.6 Å². The van der Waals surface area contributed by atoms with E-state index in [-0.39, 0.29) is 17.9 Å². The smallest absolute Gasteiger partial charge is 0.236 e. The van der Waals surface area contributed by atoms with E-state index in [1.54, 1.807) is 0 Å². The summed E-state index contributed by atoms with van der Waals surface area (Å²) in [6.45, 7) is 0.151. The zero-order valence-electron chi connectivity index (χ0n) is 9.37. The van der Waals surface area contributed by atoms with Gasteiger partial charge in [-0.25, -0.2) is 12.8 Å². The van der Waals surface area contributed by atoms with Crippen LogP contribution in [0.3, 0.4) is 0 Å². The second-order valence-corrected chi connectivity index (χ2v) is 6.15. The van der Waals surface area contributed by atoms with Crippen molar-refractivity contribution >= 4 is 19.7 Å². The van der Waals surface area contributed by atoms with E-state index >= 15 is 0 Å². The number of methoxy groups -OCH3 is 2. The molecule has 1 rings (SSSR count). The molecule has 4 nitrogen and oxygen atoms in total. The van der Waals surface area contributed by atoms with Crippen LogP contribution < -0.4 is 4.74 Å². The molecule has 0 aliphatic heterocycles. The van der Waals surface area contributed by atoms with E-state index < -0.39 is 20.6 Å². The Morgan fingerprint density at radius 3 is 2.41 bits per heavy atom. The number of rotatable bonds is 5. The second-order valence-electron chi connectivity index (χ2n) is 3.37. The van der Waals surface area contributed by atoms with Crippen LogP contribution in [0.2, 0.25) is 0 Å². The normalized spacial score (nSPS) is 11.5. The lowest BCUT2D eigenvalue weighted by molar-refractivity contribution is 0.184. The van der Waals surface area contributed by atoms with E-state index in [1.807, 2.05) is 0 Å². The molecule has 7 heteroatoms. The summed E-state index contributed by atoms with van der Waals surface area (Å²) < 4.78 is 45.1. The predicted molar refractivity (Wildman–Crippen MR) is 62.1 cm³/mol. The van der Waals surface area contributed by atoms with Crippen LogP contribution in [0, 0.1) is 5.82 Å². The Kier molecular flexibility index (Phi) is 4.73. The van der Waals surface area contributed by atoms with Crippen molar-refractivity contribution in [2.75, 3.05) is 14.2 Å². The fourth-order valence-corrected chi connectivity index (χ4v) is 2.40. The highest BCUT2D eigenvalue weighted by atomic mass is 35.7. The summed E-state index contributed by atoms with van der Waals surface area (Å²) in [6, 6.07) is 2.49. The average Bonchev–Trinajstić information content (AvgIpc) is 2.20. The highest BCUT2D eigenvalue weighted by Crippen LogP contribution is 2.25. The van der Waals surface area contributed by atoms with Crippen LogP contribution in [0.5, 0.6) is 5.75 Å². The molecule has 0 amide bonds. The highest BCUT2D eigenvalue weighted by Gasteiger charge is 2.15. The van der Waals surface area contributed by atoms with Gasteiger partial charge in [0, 0.05) is 17.8 Å². The van der Waals surface area contributed by atoms with Crippen LogP contribution in [0.15, 0.2) is 12.1 Å². The third kappa shape index (κ3) is 4.14. The van der Waals surface area contributed by atoms with Gasteiger partial charge in [0.15, 0.2) is 11.6 Å². The Bertz CT molecular complexity index is 501. The Balaban J connectivity index is 3.22. The van der Waals surface area contributed by atoms with Gasteiger partial charge in [-0.15, -0.1) is 0 Å². The minimum atomic E-state index is -3.75. The van der Waals surface area contributed by atoms with E-state index in [2.05, 4.69) is 0 Å². The number of benzene rings is 1. The fraction of sp³-hybridized carbons (Fsp3) is 0.400. The minimum Gasteiger partial charge on any atom is -0.494 e. The SMILES string of the molecule is COCc1cc(OC)c(F)cc1CS(=O)(=O)Cl. The lowest BCUT2D eigenvalue weighted by Crippen LogP contribution is -2.03. The molecule has 17 heavy (non-hydrogen) atoms. The molecule has 0 N–H and O–H groups in total. The van der Waals surface area contributed by atoms with E-state index in [0.29, 0.717) is 5.56 Å². The molecule has 0 spiro atoms. The second kappa shape index (κ2) is 5.66. The molecule has 0 radical (unpaired) electrons. The minimum absolute atomic E-state index is 0.0350. The highest BCUT2D eigenvalue weighted by molar-refractivity contribution is 8.13. The Morgan fingerprint density at radius 1 is 1.29 bits per heavy atom. The zero-order valence-corrected chi connectivity index (χ0v) is 10.9. The van der Waals surface area contributed by atoms with E-state index in [4.69, 9.17) is 20.2 Å². The molecule has 1 aromatic carbocycles. The molecule has 0 saturated heterocycles. The van der Waals surface area contributed by atoms with E-state index in [9.17, 15) is 12.8 Å². The van der Waals surface area contributed by atoms with Crippen molar-refractivity contribution in [1.29, 1.82) is 0 Å². The van der Waals surface area contributed by atoms with Crippen LogP contribution in [0.25, 0.3) is 0 Å². The maximum absolute atomic E-state index is 13.4. The van der Waals surface area contributed by atoms with Crippen LogP contribution in [-0.2, 0) is 26.1 Å². The van der Waals surface area contributed by atoms with Crippen molar-refractivity contribution in [2.45, 2.75) is 12.4 Å². The van der Waals surface area contributed by atoms with Crippen LogP contribution in [0.4, 0.5) is 4.39 Å². The Hall–Kier alpha value is -0.850. The lowest BCUT2D eigenvalue weighted by atomic mass is 10.1. The molecule has 0 atom stereocenters. The summed E-state index contributed by atoms with van der Waals surface area (Å²) in [5, 5.41) is 0. The van der Waals surface area contributed by atoms with Crippen LogP contribution in [-0.4, -0.2) is 22.6 Å². The molecule has 96 valence electrons. The third-order valence-corrected chi connectivity index (χ3v) is 3.08. The summed E-state index contributed by atoms with van der Waals surface area (Å²) >= 11 is 0. The van der Waals surface area contributed by atoms with Crippen molar-refractivity contribution in [3.05, 3.63) is 29.1 Å². The van der Waals surface area contributed by atoms with Crippen LogP contribution in [0.1, 0.15) is 11.1 Å². The molecule has 0 unspecified atom stereocenters. The number of hydrogen-bond donors (Lipinski definition) is 0. The predicted octanol–water partition coefficient (Wildman–Crippen LogP) is 2.05. The van der Waals surface area contributed by atoms with Gasteiger partial charge in [-0.2, -0.15) is 0 Å². The number of hydrogen-bond acceptors (Lipinski definition) is 4. The molecule has 0 aromatic heterocycles. The Labute approximate surface area is 104 Å². The molecule has 0 saturated carbocycles. The van der Waals surface area contributed by atoms with Crippen LogP contribution >= 0.6 is 10.7 Å². The van der Waals surface area contributed by atoms with Gasteiger partial charge in [0.05, 0.1) is 19.5 Å². The lowest BCUT2D eigenvalue weighted by Gasteiger charge is -2.10. The number of ether oxygens (including phenoxy) is 2. The first-order chi connectivity index (χ1) is 7.87. The first-order valence-corrected chi connectivity index (χ1v) is 7.11. The zero-order chi connectivity index (χ0) is 13.1. The number of halogens is 2. The fourth-order valence-electron chi connectivity index (χ4n) is 1.40.